The number of benzene rings is 2. The van der Waals surface area contributed by atoms with Crippen LogP contribution in [0.15, 0.2) is 41.3 Å². The molecule has 1 unspecified atom stereocenters. The minimum Gasteiger partial charge on any atom is -0.493 e. The van der Waals surface area contributed by atoms with Crippen molar-refractivity contribution < 1.29 is 17.9 Å². The van der Waals surface area contributed by atoms with E-state index in [9.17, 15) is 8.42 Å². The van der Waals surface area contributed by atoms with Crippen molar-refractivity contribution in [2.45, 2.75) is 37.8 Å². The van der Waals surface area contributed by atoms with Gasteiger partial charge >= 0.3 is 0 Å². The van der Waals surface area contributed by atoms with Crippen LogP contribution in [0.4, 0.5) is 0 Å². The Morgan fingerprint density at radius 3 is 2.28 bits per heavy atom. The number of sulfonamides is 1. The predicted octanol–water partition coefficient (Wildman–Crippen LogP) is 3.15. The summed E-state index contributed by atoms with van der Waals surface area (Å²) in [5.41, 5.74) is 2.98. The average Bonchev–Trinajstić information content (AvgIpc) is 2.59. The summed E-state index contributed by atoms with van der Waals surface area (Å²) in [5.74, 6) is 1.28. The molecule has 1 aliphatic heterocycles. The molecule has 0 amide bonds. The van der Waals surface area contributed by atoms with Crippen molar-refractivity contribution in [1.82, 2.24) is 4.31 Å². The molecule has 6 heteroatoms. The van der Waals surface area contributed by atoms with Gasteiger partial charge in [0, 0.05) is 12.6 Å². The summed E-state index contributed by atoms with van der Waals surface area (Å²) in [6.07, 6.45) is 0.640. The molecule has 0 radical (unpaired) electrons. The highest BCUT2D eigenvalue weighted by Gasteiger charge is 2.34. The number of fused-ring (bicyclic) bond motifs is 1. The van der Waals surface area contributed by atoms with E-state index in [4.69, 9.17) is 9.47 Å². The first-order valence-electron chi connectivity index (χ1n) is 8.19. The van der Waals surface area contributed by atoms with E-state index in [1.165, 1.54) is 0 Å². The summed E-state index contributed by atoms with van der Waals surface area (Å²) in [7, 11) is -0.368. The number of hydrogen-bond donors (Lipinski definition) is 0. The third-order valence-corrected chi connectivity index (χ3v) is 6.59. The Bertz CT molecular complexity index is 892. The van der Waals surface area contributed by atoms with Gasteiger partial charge in [0.2, 0.25) is 10.0 Å². The molecular weight excluding hydrogens is 338 g/mol. The van der Waals surface area contributed by atoms with Crippen molar-refractivity contribution in [3.05, 3.63) is 53.1 Å². The monoisotopic (exact) mass is 361 g/mol. The Balaban J connectivity index is 2.01. The van der Waals surface area contributed by atoms with Gasteiger partial charge in [0.05, 0.1) is 19.1 Å². The molecular formula is C19H23NO4S. The smallest absolute Gasteiger partial charge is 0.243 e. The second-order valence-corrected chi connectivity index (χ2v) is 8.29. The first kappa shape index (κ1) is 17.8. The van der Waals surface area contributed by atoms with Crippen molar-refractivity contribution in [1.29, 1.82) is 0 Å². The van der Waals surface area contributed by atoms with Crippen molar-refractivity contribution >= 4 is 10.0 Å². The maximum absolute atomic E-state index is 13.1. The SMILES string of the molecule is COc1cc2c(cc1OC)CN(S(=O)(=O)c1cccc(C)c1)C(C)C2. The summed E-state index contributed by atoms with van der Waals surface area (Å²) in [6.45, 7) is 4.16. The zero-order valence-corrected chi connectivity index (χ0v) is 15.8. The van der Waals surface area contributed by atoms with E-state index in [1.807, 2.05) is 32.0 Å². The Kier molecular flexibility index (Phi) is 4.75. The molecule has 1 atom stereocenters. The van der Waals surface area contributed by atoms with Crippen LogP contribution in [0.1, 0.15) is 23.6 Å². The molecule has 1 heterocycles. The third kappa shape index (κ3) is 3.24. The number of hydrogen-bond acceptors (Lipinski definition) is 4. The van der Waals surface area contributed by atoms with Gasteiger partial charge in [-0.2, -0.15) is 4.31 Å². The van der Waals surface area contributed by atoms with Crippen LogP contribution in [0.25, 0.3) is 0 Å². The number of methoxy groups -OCH3 is 2. The van der Waals surface area contributed by atoms with Gasteiger partial charge in [-0.15, -0.1) is 0 Å². The van der Waals surface area contributed by atoms with Gasteiger partial charge in [-0.1, -0.05) is 12.1 Å². The average molecular weight is 361 g/mol. The molecule has 0 aliphatic carbocycles. The highest BCUT2D eigenvalue weighted by atomic mass is 32.2. The van der Waals surface area contributed by atoms with Crippen molar-refractivity contribution in [3.63, 3.8) is 0 Å². The summed E-state index contributed by atoms with van der Waals surface area (Å²) < 4.78 is 38.5. The minimum absolute atomic E-state index is 0.129. The van der Waals surface area contributed by atoms with Gasteiger partial charge in [-0.3, -0.25) is 0 Å². The fraction of sp³-hybridized carbons (Fsp3) is 0.368. The Morgan fingerprint density at radius 1 is 1.04 bits per heavy atom. The van der Waals surface area contributed by atoms with Gasteiger partial charge < -0.3 is 9.47 Å². The summed E-state index contributed by atoms with van der Waals surface area (Å²) >= 11 is 0. The number of aryl methyl sites for hydroxylation is 1. The lowest BCUT2D eigenvalue weighted by Crippen LogP contribution is -2.42. The lowest BCUT2D eigenvalue weighted by molar-refractivity contribution is 0.305. The highest BCUT2D eigenvalue weighted by Crippen LogP contribution is 2.36. The maximum atomic E-state index is 13.1. The van der Waals surface area contributed by atoms with E-state index in [-0.39, 0.29) is 6.04 Å². The van der Waals surface area contributed by atoms with Crippen LogP contribution in [-0.4, -0.2) is 33.0 Å². The quantitative estimate of drug-likeness (QED) is 0.839. The molecule has 2 aromatic carbocycles. The minimum atomic E-state index is -3.55. The molecule has 0 spiro atoms. The number of nitrogens with zero attached hydrogens (tertiary/aromatic N) is 1. The first-order chi connectivity index (χ1) is 11.9. The van der Waals surface area contributed by atoms with Crippen molar-refractivity contribution in [2.24, 2.45) is 0 Å². The van der Waals surface area contributed by atoms with E-state index < -0.39 is 10.0 Å². The van der Waals surface area contributed by atoms with Crippen LogP contribution in [0.2, 0.25) is 0 Å². The van der Waals surface area contributed by atoms with E-state index in [2.05, 4.69) is 0 Å². The molecule has 0 saturated heterocycles. The fourth-order valence-corrected chi connectivity index (χ4v) is 4.99. The van der Waals surface area contributed by atoms with Gasteiger partial charge in [-0.25, -0.2) is 8.42 Å². The van der Waals surface area contributed by atoms with Gasteiger partial charge in [0.1, 0.15) is 0 Å². The third-order valence-electron chi connectivity index (χ3n) is 4.64. The zero-order valence-electron chi connectivity index (χ0n) is 14.9. The first-order valence-corrected chi connectivity index (χ1v) is 9.63. The van der Waals surface area contributed by atoms with Crippen LogP contribution < -0.4 is 9.47 Å². The molecule has 0 saturated carbocycles. The van der Waals surface area contributed by atoms with Gasteiger partial charge in [0.15, 0.2) is 11.5 Å². The second-order valence-electron chi connectivity index (χ2n) is 6.40. The van der Waals surface area contributed by atoms with Crippen molar-refractivity contribution in [3.8, 4) is 11.5 Å². The number of rotatable bonds is 4. The van der Waals surface area contributed by atoms with Gasteiger partial charge in [0.25, 0.3) is 0 Å². The second kappa shape index (κ2) is 6.69. The molecule has 25 heavy (non-hydrogen) atoms. The molecule has 0 aromatic heterocycles. The normalized spacial score (nSPS) is 17.8. The molecule has 0 bridgehead atoms. The highest BCUT2D eigenvalue weighted by molar-refractivity contribution is 7.89. The largest absolute Gasteiger partial charge is 0.493 e. The predicted molar refractivity (Wildman–Crippen MR) is 96.6 cm³/mol. The molecule has 2 aromatic rings. The standard InChI is InChI=1S/C19H23NO4S/c1-13-6-5-7-17(8-13)25(21,22)20-12-16-11-19(24-4)18(23-3)10-15(16)9-14(20)2/h5-8,10-11,14H,9,12H2,1-4H3. The molecule has 5 nitrogen and oxygen atoms in total. The molecule has 0 N–H and O–H groups in total. The van der Waals surface area contributed by atoms with E-state index >= 15 is 0 Å². The van der Waals surface area contributed by atoms with Crippen molar-refractivity contribution in [2.75, 3.05) is 14.2 Å². The molecule has 3 rings (SSSR count). The maximum Gasteiger partial charge on any atom is 0.243 e. The Labute approximate surface area is 149 Å². The number of ether oxygens (including phenoxy) is 2. The lowest BCUT2D eigenvalue weighted by Gasteiger charge is -2.34. The fourth-order valence-electron chi connectivity index (χ4n) is 3.28. The molecule has 134 valence electrons. The topological polar surface area (TPSA) is 55.8 Å². The molecule has 1 aliphatic rings. The Morgan fingerprint density at radius 2 is 1.68 bits per heavy atom. The van der Waals surface area contributed by atoms with Crippen LogP contribution in [0.3, 0.4) is 0 Å². The Hall–Kier alpha value is -2.05. The van der Waals surface area contributed by atoms with Gasteiger partial charge in [-0.05, 0) is 61.2 Å². The summed E-state index contributed by atoms with van der Waals surface area (Å²) in [6, 6.07) is 10.7. The lowest BCUT2D eigenvalue weighted by atomic mass is 9.96. The van der Waals surface area contributed by atoms with E-state index in [0.717, 1.165) is 16.7 Å². The van der Waals surface area contributed by atoms with Crippen LogP contribution >= 0.6 is 0 Å². The van der Waals surface area contributed by atoms with Crippen LogP contribution in [0.5, 0.6) is 11.5 Å². The zero-order chi connectivity index (χ0) is 18.2. The van der Waals surface area contributed by atoms with Crippen LogP contribution in [0, 0.1) is 6.92 Å². The summed E-state index contributed by atoms with van der Waals surface area (Å²) in [5, 5.41) is 0. The van der Waals surface area contributed by atoms with E-state index in [0.29, 0.717) is 29.4 Å². The summed E-state index contributed by atoms with van der Waals surface area (Å²) in [4.78, 5) is 0.336. The van der Waals surface area contributed by atoms with E-state index in [1.54, 1.807) is 36.7 Å². The van der Waals surface area contributed by atoms with Crippen LogP contribution in [-0.2, 0) is 23.0 Å². The molecule has 0 fully saturated rings.